The maximum atomic E-state index is 12.9. The molecule has 0 fully saturated rings. The molecule has 1 aromatic carbocycles. The quantitative estimate of drug-likeness (QED) is 0.403. The summed E-state index contributed by atoms with van der Waals surface area (Å²) in [5, 5.41) is 4.23. The molecule has 30 heavy (non-hydrogen) atoms. The molecule has 4 rings (SSSR count). The average Bonchev–Trinajstić information content (AvgIpc) is 3.11. The fraction of sp³-hybridized carbons (Fsp3) is 0.190. The van der Waals surface area contributed by atoms with Crippen molar-refractivity contribution in [1.29, 1.82) is 0 Å². The number of imidazole rings is 1. The van der Waals surface area contributed by atoms with Gasteiger partial charge in [0.2, 0.25) is 5.95 Å². The molecule has 1 N–H and O–H groups in total. The first-order chi connectivity index (χ1) is 14.5. The molecule has 0 spiro atoms. The predicted octanol–water partition coefficient (Wildman–Crippen LogP) is 1.63. The lowest BCUT2D eigenvalue weighted by Crippen LogP contribution is -2.37. The molecule has 4 aromatic rings. The molecule has 0 atom stereocenters. The highest BCUT2D eigenvalue weighted by Crippen LogP contribution is 2.18. The highest BCUT2D eigenvalue weighted by molar-refractivity contribution is 5.80. The van der Waals surface area contributed by atoms with Crippen LogP contribution < -0.4 is 16.7 Å². The number of aryl methyl sites for hydroxylation is 2. The van der Waals surface area contributed by atoms with Crippen molar-refractivity contribution in [1.82, 2.24) is 23.7 Å². The van der Waals surface area contributed by atoms with Crippen LogP contribution in [0.3, 0.4) is 0 Å². The number of nitrogens with zero attached hydrogens (tertiary/aromatic N) is 6. The number of nitrogens with one attached hydrogen (secondary N) is 1. The molecule has 0 radical (unpaired) electrons. The highest BCUT2D eigenvalue weighted by Gasteiger charge is 2.19. The molecule has 0 aliphatic carbocycles. The van der Waals surface area contributed by atoms with Crippen molar-refractivity contribution in [3.63, 3.8) is 0 Å². The lowest BCUT2D eigenvalue weighted by Gasteiger charge is -2.09. The Labute approximate surface area is 172 Å². The average molecular weight is 403 g/mol. The van der Waals surface area contributed by atoms with Gasteiger partial charge in [-0.2, -0.15) is 10.1 Å². The van der Waals surface area contributed by atoms with Gasteiger partial charge in [-0.25, -0.2) is 10.2 Å². The molecule has 3 heterocycles. The van der Waals surface area contributed by atoms with Crippen LogP contribution in [-0.4, -0.2) is 29.9 Å². The number of rotatable bonds is 5. The van der Waals surface area contributed by atoms with Gasteiger partial charge in [0.15, 0.2) is 11.2 Å². The third kappa shape index (κ3) is 3.52. The zero-order valence-electron chi connectivity index (χ0n) is 16.9. The number of pyridine rings is 1. The molecular weight excluding hydrogens is 382 g/mol. The predicted molar refractivity (Wildman–Crippen MR) is 116 cm³/mol. The number of fused-ring (bicyclic) bond motifs is 1. The van der Waals surface area contributed by atoms with E-state index in [1.165, 1.54) is 11.6 Å². The zero-order valence-corrected chi connectivity index (χ0v) is 16.9. The van der Waals surface area contributed by atoms with Gasteiger partial charge in [0.05, 0.1) is 12.8 Å². The first-order valence-corrected chi connectivity index (χ1v) is 9.36. The van der Waals surface area contributed by atoms with Crippen LogP contribution in [0.15, 0.2) is 63.5 Å². The molecule has 0 bridgehead atoms. The summed E-state index contributed by atoms with van der Waals surface area (Å²) >= 11 is 0. The topological polar surface area (TPSA) is 99.1 Å². The zero-order chi connectivity index (χ0) is 21.3. The minimum Gasteiger partial charge on any atom is -0.298 e. The summed E-state index contributed by atoms with van der Waals surface area (Å²) in [5.74, 6) is 0.365. The second-order valence-electron chi connectivity index (χ2n) is 7.04. The fourth-order valence-corrected chi connectivity index (χ4v) is 3.18. The van der Waals surface area contributed by atoms with Crippen LogP contribution in [0, 0.1) is 6.92 Å². The van der Waals surface area contributed by atoms with Gasteiger partial charge >= 0.3 is 5.69 Å². The summed E-state index contributed by atoms with van der Waals surface area (Å²) < 4.78 is 4.18. The summed E-state index contributed by atoms with van der Waals surface area (Å²) in [4.78, 5) is 33.8. The maximum Gasteiger partial charge on any atom is 0.332 e. The SMILES string of the molecule is Cc1ccc(Cn2c(NN=Cc3cccnc3)nc3c2c(=O)n(C)c(=O)n3C)cc1. The fourth-order valence-electron chi connectivity index (χ4n) is 3.18. The lowest BCUT2D eigenvalue weighted by atomic mass is 10.1. The number of benzene rings is 1. The summed E-state index contributed by atoms with van der Waals surface area (Å²) in [6.45, 7) is 2.41. The van der Waals surface area contributed by atoms with E-state index in [1.54, 1.807) is 30.2 Å². The van der Waals surface area contributed by atoms with Gasteiger partial charge in [-0.15, -0.1) is 0 Å². The van der Waals surface area contributed by atoms with Crippen LogP contribution in [0.25, 0.3) is 11.2 Å². The van der Waals surface area contributed by atoms with E-state index >= 15 is 0 Å². The van der Waals surface area contributed by atoms with Gasteiger partial charge in [0, 0.05) is 32.1 Å². The summed E-state index contributed by atoms with van der Waals surface area (Å²) in [6, 6.07) is 11.7. The summed E-state index contributed by atoms with van der Waals surface area (Å²) in [7, 11) is 3.05. The summed E-state index contributed by atoms with van der Waals surface area (Å²) in [5.41, 5.74) is 5.66. The molecule has 9 nitrogen and oxygen atoms in total. The Morgan fingerprint density at radius 2 is 1.87 bits per heavy atom. The van der Waals surface area contributed by atoms with E-state index in [0.29, 0.717) is 23.7 Å². The van der Waals surface area contributed by atoms with Gasteiger partial charge in [-0.05, 0) is 18.6 Å². The van der Waals surface area contributed by atoms with E-state index in [-0.39, 0.29) is 0 Å². The van der Waals surface area contributed by atoms with E-state index in [0.717, 1.165) is 21.3 Å². The number of hydrazone groups is 1. The first kappa shape index (κ1) is 19.3. The Bertz CT molecular complexity index is 1350. The van der Waals surface area contributed by atoms with E-state index < -0.39 is 11.2 Å². The van der Waals surface area contributed by atoms with Crippen LogP contribution >= 0.6 is 0 Å². The van der Waals surface area contributed by atoms with E-state index in [1.807, 2.05) is 43.3 Å². The van der Waals surface area contributed by atoms with Crippen molar-refractivity contribution >= 4 is 23.3 Å². The van der Waals surface area contributed by atoms with Crippen LogP contribution in [0.2, 0.25) is 0 Å². The van der Waals surface area contributed by atoms with Gasteiger partial charge in [-0.3, -0.25) is 23.5 Å². The molecule has 0 aliphatic heterocycles. The number of anilines is 1. The minimum absolute atomic E-state index is 0.300. The first-order valence-electron chi connectivity index (χ1n) is 9.36. The smallest absolute Gasteiger partial charge is 0.298 e. The van der Waals surface area contributed by atoms with Crippen molar-refractivity contribution in [3.8, 4) is 0 Å². The van der Waals surface area contributed by atoms with Crippen molar-refractivity contribution < 1.29 is 0 Å². The van der Waals surface area contributed by atoms with E-state index in [4.69, 9.17) is 0 Å². The Morgan fingerprint density at radius 3 is 2.57 bits per heavy atom. The normalized spacial score (nSPS) is 11.4. The molecule has 9 heteroatoms. The van der Waals surface area contributed by atoms with Crippen molar-refractivity contribution in [2.45, 2.75) is 13.5 Å². The van der Waals surface area contributed by atoms with Crippen molar-refractivity contribution in [3.05, 3.63) is 86.3 Å². The third-order valence-electron chi connectivity index (χ3n) is 4.87. The second-order valence-corrected chi connectivity index (χ2v) is 7.04. The van der Waals surface area contributed by atoms with E-state index in [2.05, 4.69) is 20.5 Å². The van der Waals surface area contributed by atoms with Crippen LogP contribution in [0.1, 0.15) is 16.7 Å². The van der Waals surface area contributed by atoms with E-state index in [9.17, 15) is 9.59 Å². The standard InChI is InChI=1S/C21H21N7O2/c1-14-6-8-15(9-7-14)13-28-17-18(26(2)21(30)27(3)19(17)29)24-20(28)25-23-12-16-5-4-10-22-11-16/h4-12H,13H2,1-3H3,(H,24,25). The van der Waals surface area contributed by atoms with Crippen LogP contribution in [0.4, 0.5) is 5.95 Å². The maximum absolute atomic E-state index is 12.9. The number of hydrogen-bond acceptors (Lipinski definition) is 6. The Kier molecular flexibility index (Phi) is 5.01. The van der Waals surface area contributed by atoms with Gasteiger partial charge in [0.1, 0.15) is 0 Å². The Hall–Kier alpha value is -4.01. The molecule has 0 saturated carbocycles. The summed E-state index contributed by atoms with van der Waals surface area (Å²) in [6.07, 6.45) is 4.97. The molecule has 0 saturated heterocycles. The second kappa shape index (κ2) is 7.78. The lowest BCUT2D eigenvalue weighted by molar-refractivity contribution is 0.702. The van der Waals surface area contributed by atoms with Crippen molar-refractivity contribution in [2.75, 3.05) is 5.43 Å². The van der Waals surface area contributed by atoms with Gasteiger partial charge in [-0.1, -0.05) is 35.9 Å². The number of aromatic nitrogens is 5. The van der Waals surface area contributed by atoms with Gasteiger partial charge in [0.25, 0.3) is 5.56 Å². The van der Waals surface area contributed by atoms with Crippen LogP contribution in [0.5, 0.6) is 0 Å². The Balaban J connectivity index is 1.83. The van der Waals surface area contributed by atoms with Crippen LogP contribution in [-0.2, 0) is 20.6 Å². The molecule has 0 amide bonds. The molecular formula is C21H21N7O2. The Morgan fingerprint density at radius 1 is 1.10 bits per heavy atom. The monoisotopic (exact) mass is 403 g/mol. The highest BCUT2D eigenvalue weighted by atomic mass is 16.2. The van der Waals surface area contributed by atoms with Crippen molar-refractivity contribution in [2.24, 2.45) is 19.2 Å². The third-order valence-corrected chi connectivity index (χ3v) is 4.87. The molecule has 0 aliphatic rings. The van der Waals surface area contributed by atoms with Gasteiger partial charge < -0.3 is 0 Å². The largest absolute Gasteiger partial charge is 0.332 e. The molecule has 152 valence electrons. The number of hydrogen-bond donors (Lipinski definition) is 1. The minimum atomic E-state index is -0.433. The molecule has 3 aromatic heterocycles. The molecule has 0 unspecified atom stereocenters.